The maximum Gasteiger partial charge on any atom is 0.254 e. The second-order valence-electron chi connectivity index (χ2n) is 8.66. The quantitative estimate of drug-likeness (QED) is 0.427. The molecular weight excluding hydrogens is 485 g/mol. The summed E-state index contributed by atoms with van der Waals surface area (Å²) in [6, 6.07) is 10.7. The van der Waals surface area contributed by atoms with Crippen LogP contribution in [0.1, 0.15) is 43.1 Å². The molecule has 2 heterocycles. The predicted octanol–water partition coefficient (Wildman–Crippen LogP) is 4.18. The molecule has 1 aliphatic rings. The van der Waals surface area contributed by atoms with Gasteiger partial charge in [-0.15, -0.1) is 5.92 Å². The molecule has 0 bridgehead atoms. The molecule has 5 N–H and O–H groups in total. The number of rotatable bonds is 6. The summed E-state index contributed by atoms with van der Waals surface area (Å²) < 4.78 is 21.3. The Kier molecular flexibility index (Phi) is 7.50. The third kappa shape index (κ3) is 5.16. The molecule has 1 amide bonds. The molecule has 1 aromatic heterocycles. The minimum atomic E-state index is -0.905. The number of aliphatic hydroxyl groups is 1. The predicted molar refractivity (Wildman–Crippen MR) is 136 cm³/mol. The number of hydrogen-bond donors (Lipinski definition) is 3. The fraction of sp³-hybridized carbons (Fsp3) is 0.308. The standard InChI is InChI=1S/C26H27ClFN5O3/c1-3-4-22(34)32-14-18(9-5-15(32)2)33-25(29)23(26(30)35)24(31-33)16-6-10-19(11-7-16)36-21-12-8-17(27)13-20(21)28/h6-8,10-13,15,18,22,34H,5,9,14,29H2,1-2H3,(H2,30,35). The topological polar surface area (TPSA) is 120 Å². The molecule has 36 heavy (non-hydrogen) atoms. The lowest BCUT2D eigenvalue weighted by molar-refractivity contribution is -0.0132. The fourth-order valence-electron chi connectivity index (χ4n) is 4.40. The van der Waals surface area contributed by atoms with Crippen LogP contribution < -0.4 is 16.2 Å². The number of amides is 1. The minimum absolute atomic E-state index is 0.0320. The van der Waals surface area contributed by atoms with Crippen molar-refractivity contribution in [2.75, 3.05) is 12.3 Å². The van der Waals surface area contributed by atoms with Gasteiger partial charge in [-0.25, -0.2) is 9.07 Å². The average Bonchev–Trinajstić information content (AvgIpc) is 3.19. The smallest absolute Gasteiger partial charge is 0.254 e. The van der Waals surface area contributed by atoms with Gasteiger partial charge in [-0.3, -0.25) is 9.69 Å². The maximum absolute atomic E-state index is 14.1. The Morgan fingerprint density at radius 2 is 2.00 bits per heavy atom. The normalized spacial score (nSPS) is 18.8. The van der Waals surface area contributed by atoms with E-state index in [0.29, 0.717) is 23.6 Å². The zero-order chi connectivity index (χ0) is 26.0. The van der Waals surface area contributed by atoms with Crippen LogP contribution in [0.25, 0.3) is 11.3 Å². The third-order valence-corrected chi connectivity index (χ3v) is 6.52. The molecule has 3 unspecified atom stereocenters. The van der Waals surface area contributed by atoms with Gasteiger partial charge in [0.2, 0.25) is 0 Å². The Bertz CT molecular complexity index is 1330. The van der Waals surface area contributed by atoms with Crippen molar-refractivity contribution in [2.45, 2.75) is 45.0 Å². The van der Waals surface area contributed by atoms with E-state index in [0.717, 1.165) is 12.8 Å². The summed E-state index contributed by atoms with van der Waals surface area (Å²) in [5.41, 5.74) is 13.1. The second kappa shape index (κ2) is 10.6. The number of carbonyl (C=O) groups is 1. The molecule has 0 aliphatic carbocycles. The van der Waals surface area contributed by atoms with Crippen molar-refractivity contribution in [3.05, 3.63) is 58.9 Å². The van der Waals surface area contributed by atoms with Crippen molar-refractivity contribution in [3.63, 3.8) is 0 Å². The van der Waals surface area contributed by atoms with Crippen molar-refractivity contribution in [2.24, 2.45) is 5.73 Å². The van der Waals surface area contributed by atoms with Crippen LogP contribution in [0.15, 0.2) is 42.5 Å². The number of nitrogens with two attached hydrogens (primary N) is 2. The third-order valence-electron chi connectivity index (χ3n) is 6.28. The van der Waals surface area contributed by atoms with Crippen molar-refractivity contribution < 1.29 is 19.0 Å². The highest BCUT2D eigenvalue weighted by atomic mass is 35.5. The minimum Gasteiger partial charge on any atom is -0.454 e. The number of aromatic nitrogens is 2. The second-order valence-corrected chi connectivity index (χ2v) is 9.10. The van der Waals surface area contributed by atoms with Gasteiger partial charge in [0.25, 0.3) is 5.91 Å². The first-order valence-electron chi connectivity index (χ1n) is 11.5. The molecular formula is C26H27ClFN5O3. The number of nitrogens with zero attached hydrogens (tertiary/aromatic N) is 3. The van der Waals surface area contributed by atoms with Gasteiger partial charge in [-0.2, -0.15) is 5.10 Å². The molecule has 0 radical (unpaired) electrons. The number of primary amides is 1. The Balaban J connectivity index is 1.63. The van der Waals surface area contributed by atoms with Crippen molar-refractivity contribution in [1.29, 1.82) is 0 Å². The van der Waals surface area contributed by atoms with Crippen LogP contribution >= 0.6 is 11.6 Å². The molecule has 4 rings (SSSR count). The summed E-state index contributed by atoms with van der Waals surface area (Å²) in [6.07, 6.45) is 0.645. The first-order chi connectivity index (χ1) is 17.2. The van der Waals surface area contributed by atoms with Gasteiger partial charge in [0.05, 0.1) is 6.04 Å². The monoisotopic (exact) mass is 511 g/mol. The zero-order valence-corrected chi connectivity index (χ0v) is 20.7. The number of piperidine rings is 1. The fourth-order valence-corrected chi connectivity index (χ4v) is 4.56. The molecule has 1 aliphatic heterocycles. The first kappa shape index (κ1) is 25.5. The number of likely N-dealkylation sites (tertiary alicyclic amines) is 1. The van der Waals surface area contributed by atoms with E-state index in [1.807, 2.05) is 11.8 Å². The number of ether oxygens (including phenoxy) is 1. The first-order valence-corrected chi connectivity index (χ1v) is 11.8. The molecule has 3 aromatic rings. The molecule has 188 valence electrons. The van der Waals surface area contributed by atoms with Gasteiger partial charge in [-0.05, 0) is 69.2 Å². The van der Waals surface area contributed by atoms with Gasteiger partial charge >= 0.3 is 0 Å². The number of benzene rings is 2. The van der Waals surface area contributed by atoms with E-state index in [1.54, 1.807) is 35.9 Å². The van der Waals surface area contributed by atoms with E-state index in [-0.39, 0.29) is 34.2 Å². The summed E-state index contributed by atoms with van der Waals surface area (Å²) in [4.78, 5) is 14.2. The van der Waals surface area contributed by atoms with Crippen LogP contribution in [-0.4, -0.2) is 44.5 Å². The van der Waals surface area contributed by atoms with Crippen LogP contribution in [0.2, 0.25) is 5.02 Å². The van der Waals surface area contributed by atoms with Gasteiger partial charge in [-0.1, -0.05) is 17.5 Å². The highest BCUT2D eigenvalue weighted by Gasteiger charge is 2.33. The summed E-state index contributed by atoms with van der Waals surface area (Å²) in [5.74, 6) is 4.81. The summed E-state index contributed by atoms with van der Waals surface area (Å²) in [7, 11) is 0. The number of hydrogen-bond acceptors (Lipinski definition) is 6. The van der Waals surface area contributed by atoms with Crippen molar-refractivity contribution in [1.82, 2.24) is 14.7 Å². The lowest BCUT2D eigenvalue weighted by Crippen LogP contribution is -2.48. The van der Waals surface area contributed by atoms with Gasteiger partial charge in [0.1, 0.15) is 22.8 Å². The van der Waals surface area contributed by atoms with Crippen molar-refractivity contribution >= 4 is 23.3 Å². The zero-order valence-electron chi connectivity index (χ0n) is 19.9. The highest BCUT2D eigenvalue weighted by Crippen LogP contribution is 2.35. The molecule has 1 fully saturated rings. The maximum atomic E-state index is 14.1. The van der Waals surface area contributed by atoms with E-state index in [4.69, 9.17) is 27.8 Å². The number of anilines is 1. The molecule has 0 spiro atoms. The molecule has 1 saturated heterocycles. The van der Waals surface area contributed by atoms with Crippen molar-refractivity contribution in [3.8, 4) is 34.6 Å². The summed E-state index contributed by atoms with van der Waals surface area (Å²) in [6.45, 7) is 4.16. The number of halogens is 2. The SMILES string of the molecule is CC#CC(O)N1CC(n2nc(-c3ccc(Oc4ccc(Cl)cc4F)cc3)c(C(N)=O)c2N)CCC1C. The summed E-state index contributed by atoms with van der Waals surface area (Å²) in [5, 5.41) is 15.4. The van der Waals surface area contributed by atoms with E-state index in [9.17, 15) is 14.3 Å². The van der Waals surface area contributed by atoms with Crippen LogP contribution in [0.3, 0.4) is 0 Å². The Morgan fingerprint density at radius 1 is 1.28 bits per heavy atom. The van der Waals surface area contributed by atoms with Crippen LogP contribution in [0, 0.1) is 17.7 Å². The molecule has 3 atom stereocenters. The van der Waals surface area contributed by atoms with E-state index in [2.05, 4.69) is 16.9 Å². The summed E-state index contributed by atoms with van der Waals surface area (Å²) >= 11 is 5.79. The highest BCUT2D eigenvalue weighted by molar-refractivity contribution is 6.30. The number of nitrogen functional groups attached to an aromatic ring is 1. The lowest BCUT2D eigenvalue weighted by Gasteiger charge is -2.39. The van der Waals surface area contributed by atoms with E-state index < -0.39 is 18.0 Å². The van der Waals surface area contributed by atoms with E-state index >= 15 is 0 Å². The Hall–Kier alpha value is -3.58. The van der Waals surface area contributed by atoms with Crippen LogP contribution in [0.5, 0.6) is 11.5 Å². The lowest BCUT2D eigenvalue weighted by atomic mass is 9.99. The molecule has 10 heteroatoms. The van der Waals surface area contributed by atoms with Gasteiger partial charge in [0, 0.05) is 23.2 Å². The number of aliphatic hydroxyl groups excluding tert-OH is 1. The van der Waals surface area contributed by atoms with E-state index in [1.165, 1.54) is 18.2 Å². The largest absolute Gasteiger partial charge is 0.454 e. The molecule has 8 nitrogen and oxygen atoms in total. The van der Waals surface area contributed by atoms with Crippen LogP contribution in [0.4, 0.5) is 10.2 Å². The molecule has 0 saturated carbocycles. The number of carbonyl (C=O) groups excluding carboxylic acids is 1. The molecule has 2 aromatic carbocycles. The Morgan fingerprint density at radius 3 is 2.64 bits per heavy atom. The average molecular weight is 512 g/mol. The van der Waals surface area contributed by atoms with Gasteiger partial charge in [0.15, 0.2) is 17.8 Å². The van der Waals surface area contributed by atoms with Gasteiger partial charge < -0.3 is 21.3 Å². The van der Waals surface area contributed by atoms with Crippen LogP contribution in [-0.2, 0) is 0 Å². The Labute approximate surface area is 213 Å².